The highest BCUT2D eigenvalue weighted by molar-refractivity contribution is 5.92. The molecule has 3 amide bonds. The normalized spacial score (nSPS) is 12.8. The lowest BCUT2D eigenvalue weighted by Gasteiger charge is -2.35. The molecule has 0 aliphatic heterocycles. The van der Waals surface area contributed by atoms with E-state index in [0.29, 0.717) is 25.1 Å². The molecule has 0 heterocycles. The van der Waals surface area contributed by atoms with E-state index in [1.807, 2.05) is 62.4 Å². The molecule has 0 bridgehead atoms. The number of aliphatic hydroxyl groups is 1. The van der Waals surface area contributed by atoms with Crippen LogP contribution in [-0.4, -0.2) is 52.7 Å². The number of benzene rings is 2. The zero-order chi connectivity index (χ0) is 30.4. The second-order valence-corrected chi connectivity index (χ2v) is 11.6. The maximum atomic E-state index is 14.0. The molecule has 0 saturated carbocycles. The number of aliphatic hydroxyl groups excluding tert-OH is 1. The quantitative estimate of drug-likeness (QED) is 0.238. The fourth-order valence-corrected chi connectivity index (χ4v) is 4.73. The van der Waals surface area contributed by atoms with Gasteiger partial charge in [-0.3, -0.25) is 9.59 Å². The van der Waals surface area contributed by atoms with Gasteiger partial charge in [-0.1, -0.05) is 93.1 Å². The fraction of sp³-hybridized carbons (Fsp3) is 0.545. The van der Waals surface area contributed by atoms with Crippen LogP contribution in [0.15, 0.2) is 48.5 Å². The molecule has 0 spiro atoms. The third-order valence-corrected chi connectivity index (χ3v) is 6.80. The molecule has 0 aromatic heterocycles. The molecule has 0 saturated heterocycles. The van der Waals surface area contributed by atoms with E-state index >= 15 is 0 Å². The summed E-state index contributed by atoms with van der Waals surface area (Å²) in [6, 6.07) is 13.2. The van der Waals surface area contributed by atoms with Crippen LogP contribution in [0.1, 0.15) is 94.5 Å². The van der Waals surface area contributed by atoms with Crippen LogP contribution >= 0.6 is 0 Å². The number of rotatable bonds is 15. The predicted octanol–water partition coefficient (Wildman–Crippen LogP) is 5.74. The first-order valence-corrected chi connectivity index (χ1v) is 14.8. The first-order valence-electron chi connectivity index (χ1n) is 14.8. The predicted molar refractivity (Wildman–Crippen MR) is 162 cm³/mol. The number of hydrogen-bond acceptors (Lipinski definition) is 5. The van der Waals surface area contributed by atoms with E-state index < -0.39 is 36.3 Å². The Hall–Kier alpha value is -3.39. The Kier molecular flexibility index (Phi) is 13.8. The lowest BCUT2D eigenvalue weighted by Crippen LogP contribution is -2.54. The van der Waals surface area contributed by atoms with Gasteiger partial charge in [-0.05, 0) is 57.7 Å². The minimum absolute atomic E-state index is 0.300. The number of ether oxygens (including phenoxy) is 1. The summed E-state index contributed by atoms with van der Waals surface area (Å²) in [6.45, 7) is 11.2. The summed E-state index contributed by atoms with van der Waals surface area (Å²) in [7, 11) is 0. The Morgan fingerprint density at radius 1 is 0.951 bits per heavy atom. The van der Waals surface area contributed by atoms with Gasteiger partial charge in [0.1, 0.15) is 17.7 Å². The Balaban J connectivity index is 2.43. The molecule has 0 aliphatic carbocycles. The van der Waals surface area contributed by atoms with Gasteiger partial charge in [-0.2, -0.15) is 0 Å². The topological polar surface area (TPSA) is 108 Å². The van der Waals surface area contributed by atoms with Gasteiger partial charge in [0.15, 0.2) is 0 Å². The van der Waals surface area contributed by atoms with Gasteiger partial charge >= 0.3 is 6.09 Å². The average Bonchev–Trinajstić information content (AvgIpc) is 2.91. The van der Waals surface area contributed by atoms with Gasteiger partial charge in [0.25, 0.3) is 0 Å². The van der Waals surface area contributed by atoms with Crippen molar-refractivity contribution in [2.45, 2.75) is 104 Å². The molecule has 41 heavy (non-hydrogen) atoms. The second-order valence-electron chi connectivity index (χ2n) is 11.6. The maximum Gasteiger partial charge on any atom is 0.408 e. The van der Waals surface area contributed by atoms with Gasteiger partial charge in [0.05, 0.1) is 6.61 Å². The molecule has 2 atom stereocenters. The standard InChI is InChI=1S/C33H49N3O5/c1-7-8-9-10-11-15-20-36(31(39)28(23-37)35-32(40)41-33(4,5)6)29(27-19-18-24(2)21-25(27)3)30(38)34-22-26-16-13-12-14-17-26/h12-14,16-19,21,28-29,37H,7-11,15,20,22-23H2,1-6H3,(H,34,38)(H,35,40). The first-order chi connectivity index (χ1) is 19.5. The number of nitrogens with one attached hydrogen (secondary N) is 2. The van der Waals surface area contributed by atoms with Crippen LogP contribution in [0.25, 0.3) is 0 Å². The summed E-state index contributed by atoms with van der Waals surface area (Å²) < 4.78 is 5.34. The third kappa shape index (κ3) is 11.6. The fourth-order valence-electron chi connectivity index (χ4n) is 4.73. The Bertz CT molecular complexity index is 1110. The highest BCUT2D eigenvalue weighted by atomic mass is 16.6. The van der Waals surface area contributed by atoms with Crippen molar-refractivity contribution >= 4 is 17.9 Å². The number of unbranched alkanes of at least 4 members (excludes halogenated alkanes) is 5. The average molecular weight is 568 g/mol. The first kappa shape index (κ1) is 33.8. The van der Waals surface area contributed by atoms with E-state index in [0.717, 1.165) is 48.8 Å². The molecule has 2 rings (SSSR count). The van der Waals surface area contributed by atoms with Crippen LogP contribution in [-0.2, 0) is 20.9 Å². The van der Waals surface area contributed by atoms with Crippen LogP contribution < -0.4 is 10.6 Å². The molecule has 0 fully saturated rings. The van der Waals surface area contributed by atoms with Gasteiger partial charge in [-0.15, -0.1) is 0 Å². The van der Waals surface area contributed by atoms with E-state index in [9.17, 15) is 19.5 Å². The summed E-state index contributed by atoms with van der Waals surface area (Å²) in [5, 5.41) is 15.7. The molecule has 8 nitrogen and oxygen atoms in total. The van der Waals surface area contributed by atoms with Crippen molar-refractivity contribution in [3.05, 3.63) is 70.8 Å². The summed E-state index contributed by atoms with van der Waals surface area (Å²) in [5.74, 6) is -0.860. The molecule has 226 valence electrons. The van der Waals surface area contributed by atoms with Crippen LogP contribution in [0.5, 0.6) is 0 Å². The zero-order valence-corrected chi connectivity index (χ0v) is 25.7. The smallest absolute Gasteiger partial charge is 0.408 e. The minimum atomic E-state index is -1.26. The highest BCUT2D eigenvalue weighted by Crippen LogP contribution is 2.27. The van der Waals surface area contributed by atoms with E-state index in [1.165, 1.54) is 4.90 Å². The molecular weight excluding hydrogens is 518 g/mol. The molecule has 2 aromatic rings. The minimum Gasteiger partial charge on any atom is -0.444 e. The summed E-state index contributed by atoms with van der Waals surface area (Å²) in [6.07, 6.45) is 5.22. The van der Waals surface area contributed by atoms with E-state index in [4.69, 9.17) is 4.74 Å². The molecule has 2 aromatic carbocycles. The number of hydrogen-bond donors (Lipinski definition) is 3. The molecule has 0 radical (unpaired) electrons. The summed E-state index contributed by atoms with van der Waals surface area (Å²) in [5.41, 5.74) is 2.79. The monoisotopic (exact) mass is 567 g/mol. The van der Waals surface area contributed by atoms with Crippen molar-refractivity contribution in [2.75, 3.05) is 13.2 Å². The SMILES string of the molecule is CCCCCCCCN(C(=O)C(CO)NC(=O)OC(C)(C)C)C(C(=O)NCc1ccccc1)c1ccc(C)cc1C. The van der Waals surface area contributed by atoms with Crippen molar-refractivity contribution in [3.8, 4) is 0 Å². The largest absolute Gasteiger partial charge is 0.444 e. The number of aryl methyl sites for hydroxylation is 2. The van der Waals surface area contributed by atoms with Crippen LogP contribution in [0.4, 0.5) is 4.79 Å². The molecular formula is C33H49N3O5. The Morgan fingerprint density at radius 3 is 2.22 bits per heavy atom. The number of amides is 3. The molecule has 2 unspecified atom stereocenters. The van der Waals surface area contributed by atoms with Gasteiger partial charge < -0.3 is 25.4 Å². The van der Waals surface area contributed by atoms with Crippen molar-refractivity contribution in [2.24, 2.45) is 0 Å². The van der Waals surface area contributed by atoms with Crippen LogP contribution in [0, 0.1) is 13.8 Å². The molecule has 0 aliphatic rings. The van der Waals surface area contributed by atoms with Crippen molar-refractivity contribution in [3.63, 3.8) is 0 Å². The van der Waals surface area contributed by atoms with E-state index in [2.05, 4.69) is 17.6 Å². The third-order valence-electron chi connectivity index (χ3n) is 6.80. The number of carbonyl (C=O) groups is 3. The molecule has 3 N–H and O–H groups in total. The van der Waals surface area contributed by atoms with E-state index in [-0.39, 0.29) is 5.91 Å². The van der Waals surface area contributed by atoms with Gasteiger partial charge in [0.2, 0.25) is 11.8 Å². The lowest BCUT2D eigenvalue weighted by molar-refractivity contribution is -0.143. The Morgan fingerprint density at radius 2 is 1.61 bits per heavy atom. The number of nitrogens with zero attached hydrogens (tertiary/aromatic N) is 1. The van der Waals surface area contributed by atoms with Gasteiger partial charge in [0, 0.05) is 13.1 Å². The molecule has 8 heteroatoms. The summed E-state index contributed by atoms with van der Waals surface area (Å²) in [4.78, 5) is 42.0. The number of alkyl carbamates (subject to hydrolysis) is 1. The van der Waals surface area contributed by atoms with Crippen molar-refractivity contribution in [1.29, 1.82) is 0 Å². The van der Waals surface area contributed by atoms with Crippen LogP contribution in [0.2, 0.25) is 0 Å². The lowest BCUT2D eigenvalue weighted by atomic mass is 9.96. The highest BCUT2D eigenvalue weighted by Gasteiger charge is 2.36. The van der Waals surface area contributed by atoms with Crippen LogP contribution in [0.3, 0.4) is 0 Å². The zero-order valence-electron chi connectivity index (χ0n) is 25.7. The number of carbonyl (C=O) groups excluding carboxylic acids is 3. The Labute approximate surface area is 245 Å². The second kappa shape index (κ2) is 16.8. The maximum absolute atomic E-state index is 14.0. The van der Waals surface area contributed by atoms with Gasteiger partial charge in [-0.25, -0.2) is 4.79 Å². The van der Waals surface area contributed by atoms with Crippen molar-refractivity contribution < 1.29 is 24.2 Å². The summed E-state index contributed by atoms with van der Waals surface area (Å²) >= 11 is 0. The van der Waals surface area contributed by atoms with Crippen molar-refractivity contribution in [1.82, 2.24) is 15.5 Å². The van der Waals surface area contributed by atoms with E-state index in [1.54, 1.807) is 20.8 Å².